The summed E-state index contributed by atoms with van der Waals surface area (Å²) in [6.45, 7) is 3.28. The molecule has 22 heavy (non-hydrogen) atoms. The molecule has 1 amide bonds. The normalized spacial score (nSPS) is 17.2. The first-order valence-electron chi connectivity index (χ1n) is 7.41. The van der Waals surface area contributed by atoms with Crippen LogP contribution in [-0.4, -0.2) is 49.9 Å². The van der Waals surface area contributed by atoms with Crippen molar-refractivity contribution >= 4 is 29.7 Å². The van der Waals surface area contributed by atoms with Crippen molar-refractivity contribution < 1.29 is 14.3 Å². The number of nitrogens with two attached hydrogens (primary N) is 1. The number of ether oxygens (including phenoxy) is 2. The Balaban J connectivity index is 0.00000242. The van der Waals surface area contributed by atoms with Crippen LogP contribution in [-0.2, 0) is 15.9 Å². The van der Waals surface area contributed by atoms with Crippen LogP contribution < -0.4 is 11.1 Å². The Labute approximate surface area is 141 Å². The smallest absolute Gasteiger partial charge is 0.270 e. The highest BCUT2D eigenvalue weighted by Gasteiger charge is 2.15. The molecule has 1 fully saturated rings. The molecule has 0 aromatic carbocycles. The number of amides is 1. The van der Waals surface area contributed by atoms with Gasteiger partial charge < -0.3 is 20.5 Å². The Morgan fingerprint density at radius 1 is 1.59 bits per heavy atom. The minimum Gasteiger partial charge on any atom is -0.379 e. The number of thiazole rings is 1. The van der Waals surface area contributed by atoms with Gasteiger partial charge in [0.2, 0.25) is 0 Å². The van der Waals surface area contributed by atoms with Crippen molar-refractivity contribution in [2.75, 3.05) is 32.9 Å². The van der Waals surface area contributed by atoms with Crippen LogP contribution in [0.4, 0.5) is 0 Å². The fourth-order valence-corrected chi connectivity index (χ4v) is 2.90. The molecule has 8 heteroatoms. The van der Waals surface area contributed by atoms with E-state index in [1.54, 1.807) is 5.38 Å². The summed E-state index contributed by atoms with van der Waals surface area (Å²) in [5.74, 6) is -0.131. The van der Waals surface area contributed by atoms with Gasteiger partial charge >= 0.3 is 0 Å². The highest BCUT2D eigenvalue weighted by molar-refractivity contribution is 7.09. The number of halogens is 1. The lowest BCUT2D eigenvalue weighted by atomic mass is 10.2. The van der Waals surface area contributed by atoms with E-state index in [1.165, 1.54) is 11.3 Å². The summed E-state index contributed by atoms with van der Waals surface area (Å²) >= 11 is 1.47. The second-order valence-corrected chi connectivity index (χ2v) is 5.93. The quantitative estimate of drug-likeness (QED) is 0.658. The van der Waals surface area contributed by atoms with E-state index >= 15 is 0 Å². The molecule has 1 unspecified atom stereocenters. The highest BCUT2D eigenvalue weighted by Crippen LogP contribution is 2.12. The van der Waals surface area contributed by atoms with Crippen LogP contribution in [0.2, 0.25) is 0 Å². The Kier molecular flexibility index (Phi) is 9.58. The standard InChI is InChI=1S/C14H23N3O3S.ClH/c15-5-4-13-17-12(10-21-13)14(18)16-6-2-7-19-9-11-3-1-8-20-11;/h10-11H,1-9,15H2,(H,16,18);1H. The summed E-state index contributed by atoms with van der Waals surface area (Å²) in [7, 11) is 0. The number of hydrogen-bond acceptors (Lipinski definition) is 6. The molecule has 1 aliphatic rings. The lowest BCUT2D eigenvalue weighted by molar-refractivity contribution is 0.0166. The number of nitrogens with one attached hydrogen (secondary N) is 1. The van der Waals surface area contributed by atoms with Gasteiger partial charge in [-0.15, -0.1) is 23.7 Å². The SMILES string of the molecule is Cl.NCCc1nc(C(=O)NCCCOCC2CCCO2)cs1. The van der Waals surface area contributed by atoms with Gasteiger partial charge in [0.15, 0.2) is 0 Å². The monoisotopic (exact) mass is 349 g/mol. The lowest BCUT2D eigenvalue weighted by Gasteiger charge is -2.10. The fraction of sp³-hybridized carbons (Fsp3) is 0.714. The van der Waals surface area contributed by atoms with E-state index in [4.69, 9.17) is 15.2 Å². The summed E-state index contributed by atoms with van der Waals surface area (Å²) in [6.07, 6.45) is 3.98. The molecule has 0 bridgehead atoms. The van der Waals surface area contributed by atoms with Crippen LogP contribution in [0.5, 0.6) is 0 Å². The molecule has 1 atom stereocenters. The van der Waals surface area contributed by atoms with Gasteiger partial charge in [0, 0.05) is 31.6 Å². The van der Waals surface area contributed by atoms with E-state index < -0.39 is 0 Å². The zero-order chi connectivity index (χ0) is 14.9. The third-order valence-corrected chi connectivity index (χ3v) is 4.13. The van der Waals surface area contributed by atoms with Gasteiger partial charge in [0.05, 0.1) is 17.7 Å². The molecule has 2 rings (SSSR count). The maximum absolute atomic E-state index is 11.8. The minimum absolute atomic E-state index is 0. The molecular weight excluding hydrogens is 326 g/mol. The Morgan fingerprint density at radius 3 is 3.18 bits per heavy atom. The van der Waals surface area contributed by atoms with Gasteiger partial charge in [-0.3, -0.25) is 4.79 Å². The van der Waals surface area contributed by atoms with Crippen molar-refractivity contribution in [3.8, 4) is 0 Å². The van der Waals surface area contributed by atoms with Crippen LogP contribution in [0.25, 0.3) is 0 Å². The molecule has 1 saturated heterocycles. The average Bonchev–Trinajstić information content (AvgIpc) is 3.14. The molecular formula is C14H24ClN3O3S. The van der Waals surface area contributed by atoms with E-state index in [0.717, 1.165) is 37.3 Å². The number of rotatable bonds is 9. The van der Waals surface area contributed by atoms with E-state index in [1.807, 2.05) is 0 Å². The van der Waals surface area contributed by atoms with Crippen molar-refractivity contribution in [1.29, 1.82) is 0 Å². The largest absolute Gasteiger partial charge is 0.379 e. The molecule has 1 aromatic heterocycles. The van der Waals surface area contributed by atoms with Crippen molar-refractivity contribution in [3.05, 3.63) is 16.1 Å². The van der Waals surface area contributed by atoms with Crippen molar-refractivity contribution in [2.24, 2.45) is 5.73 Å². The third kappa shape index (κ3) is 6.58. The first-order valence-corrected chi connectivity index (χ1v) is 8.29. The van der Waals surface area contributed by atoms with Crippen LogP contribution in [0.1, 0.15) is 34.8 Å². The lowest BCUT2D eigenvalue weighted by Crippen LogP contribution is -2.26. The summed E-state index contributed by atoms with van der Waals surface area (Å²) in [4.78, 5) is 16.1. The van der Waals surface area contributed by atoms with Crippen LogP contribution in [0.15, 0.2) is 5.38 Å². The summed E-state index contributed by atoms with van der Waals surface area (Å²) in [5.41, 5.74) is 5.94. The van der Waals surface area contributed by atoms with Gasteiger partial charge in [-0.2, -0.15) is 0 Å². The molecule has 0 spiro atoms. The summed E-state index contributed by atoms with van der Waals surface area (Å²) in [6, 6.07) is 0. The van der Waals surface area contributed by atoms with Crippen LogP contribution >= 0.6 is 23.7 Å². The highest BCUT2D eigenvalue weighted by atomic mass is 35.5. The predicted octanol–water partition coefficient (Wildman–Crippen LogP) is 1.38. The first-order chi connectivity index (χ1) is 10.3. The van der Waals surface area contributed by atoms with Crippen molar-refractivity contribution in [1.82, 2.24) is 10.3 Å². The van der Waals surface area contributed by atoms with Gasteiger partial charge in [-0.05, 0) is 25.8 Å². The number of nitrogens with zero attached hydrogens (tertiary/aromatic N) is 1. The first kappa shape index (κ1) is 19.3. The van der Waals surface area contributed by atoms with Crippen LogP contribution in [0, 0.1) is 0 Å². The molecule has 2 heterocycles. The maximum atomic E-state index is 11.8. The number of carbonyl (C=O) groups is 1. The number of hydrogen-bond donors (Lipinski definition) is 2. The Bertz CT molecular complexity index is 439. The van der Waals surface area contributed by atoms with Crippen LogP contribution in [0.3, 0.4) is 0 Å². The number of carbonyl (C=O) groups excluding carboxylic acids is 1. The van der Waals surface area contributed by atoms with Gasteiger partial charge in [0.25, 0.3) is 5.91 Å². The molecule has 0 aliphatic carbocycles. The van der Waals surface area contributed by atoms with E-state index in [2.05, 4.69) is 10.3 Å². The second kappa shape index (κ2) is 10.9. The molecule has 0 radical (unpaired) electrons. The molecule has 0 saturated carbocycles. The molecule has 3 N–H and O–H groups in total. The van der Waals surface area contributed by atoms with E-state index in [0.29, 0.717) is 32.0 Å². The van der Waals surface area contributed by atoms with E-state index in [9.17, 15) is 4.79 Å². The minimum atomic E-state index is -0.131. The Hall–Kier alpha value is -0.730. The third-order valence-electron chi connectivity index (χ3n) is 3.22. The maximum Gasteiger partial charge on any atom is 0.270 e. The zero-order valence-corrected chi connectivity index (χ0v) is 14.2. The summed E-state index contributed by atoms with van der Waals surface area (Å²) < 4.78 is 11.0. The number of aromatic nitrogens is 1. The fourth-order valence-electron chi connectivity index (χ4n) is 2.11. The average molecular weight is 350 g/mol. The predicted molar refractivity (Wildman–Crippen MR) is 88.9 cm³/mol. The van der Waals surface area contributed by atoms with Gasteiger partial charge in [0.1, 0.15) is 5.69 Å². The molecule has 6 nitrogen and oxygen atoms in total. The van der Waals surface area contributed by atoms with E-state index in [-0.39, 0.29) is 24.4 Å². The second-order valence-electron chi connectivity index (χ2n) is 4.98. The summed E-state index contributed by atoms with van der Waals surface area (Å²) in [5, 5.41) is 5.52. The molecule has 1 aliphatic heterocycles. The topological polar surface area (TPSA) is 86.5 Å². The zero-order valence-electron chi connectivity index (χ0n) is 12.6. The van der Waals surface area contributed by atoms with Crippen molar-refractivity contribution in [2.45, 2.75) is 31.8 Å². The molecule has 1 aromatic rings. The van der Waals surface area contributed by atoms with Crippen molar-refractivity contribution in [3.63, 3.8) is 0 Å². The van der Waals surface area contributed by atoms with Gasteiger partial charge in [-0.25, -0.2) is 4.98 Å². The molecule has 126 valence electrons. The Morgan fingerprint density at radius 2 is 2.45 bits per heavy atom. The van der Waals surface area contributed by atoms with Gasteiger partial charge in [-0.1, -0.05) is 0 Å².